The SMILES string of the molecule is C[C@@H](Oc1ccc(S(C)(=O)=O)cc1C(=O)N1CC2C[C@]2(c2cc(C(F)(F)F)on2)C1)C(F)(F)F. The molecule has 1 aromatic heterocycles. The van der Waals surface area contributed by atoms with E-state index in [1.54, 1.807) is 0 Å². The van der Waals surface area contributed by atoms with Crippen molar-refractivity contribution in [2.75, 3.05) is 19.3 Å². The molecular formula is C20H18F6N2O5S. The van der Waals surface area contributed by atoms with Gasteiger partial charge in [0.15, 0.2) is 15.9 Å². The number of piperidine rings is 1. The van der Waals surface area contributed by atoms with Crippen molar-refractivity contribution in [3.63, 3.8) is 0 Å². The number of halogens is 6. The number of carbonyl (C=O) groups excluding carboxylic acids is 1. The quantitative estimate of drug-likeness (QED) is 0.566. The molecule has 1 unspecified atom stereocenters. The zero-order valence-corrected chi connectivity index (χ0v) is 18.5. The lowest BCUT2D eigenvalue weighted by Crippen LogP contribution is -2.35. The van der Waals surface area contributed by atoms with E-state index in [1.165, 1.54) is 4.90 Å². The fourth-order valence-electron chi connectivity index (χ4n) is 4.11. The summed E-state index contributed by atoms with van der Waals surface area (Å²) in [6, 6.07) is 3.72. The Balaban J connectivity index is 1.63. The Morgan fingerprint density at radius 3 is 2.47 bits per heavy atom. The number of sulfone groups is 1. The topological polar surface area (TPSA) is 89.7 Å². The molecule has 1 amide bonds. The molecule has 2 aromatic rings. The van der Waals surface area contributed by atoms with Gasteiger partial charge >= 0.3 is 12.4 Å². The van der Waals surface area contributed by atoms with E-state index >= 15 is 0 Å². The summed E-state index contributed by atoms with van der Waals surface area (Å²) in [5.74, 6) is -2.76. The average Bonchev–Trinajstić information content (AvgIpc) is 3.07. The number of alkyl halides is 6. The number of amides is 1. The average molecular weight is 512 g/mol. The third-order valence-electron chi connectivity index (χ3n) is 6.11. The third-order valence-corrected chi connectivity index (χ3v) is 7.22. The first-order valence-corrected chi connectivity index (χ1v) is 11.8. The molecule has 2 aliphatic rings. The summed E-state index contributed by atoms with van der Waals surface area (Å²) in [5.41, 5.74) is -1.23. The molecule has 7 nitrogen and oxygen atoms in total. The Hall–Kier alpha value is -2.77. The molecule has 0 radical (unpaired) electrons. The number of nitrogens with zero attached hydrogens (tertiary/aromatic N) is 2. The van der Waals surface area contributed by atoms with Crippen LogP contribution in [0.4, 0.5) is 26.3 Å². The second-order valence-electron chi connectivity index (χ2n) is 8.55. The molecule has 14 heteroatoms. The van der Waals surface area contributed by atoms with Gasteiger partial charge in [-0.2, -0.15) is 26.3 Å². The molecular weight excluding hydrogens is 494 g/mol. The minimum absolute atomic E-state index is 0.0344. The van der Waals surface area contributed by atoms with E-state index in [0.717, 1.165) is 37.4 Å². The van der Waals surface area contributed by atoms with Gasteiger partial charge in [0.2, 0.25) is 5.76 Å². The van der Waals surface area contributed by atoms with Gasteiger partial charge in [-0.05, 0) is 37.5 Å². The van der Waals surface area contributed by atoms with E-state index in [2.05, 4.69) is 9.68 Å². The molecule has 2 heterocycles. The van der Waals surface area contributed by atoms with Gasteiger partial charge in [-0.1, -0.05) is 5.16 Å². The van der Waals surface area contributed by atoms with Gasteiger partial charge in [0, 0.05) is 30.8 Å². The summed E-state index contributed by atoms with van der Waals surface area (Å²) in [6.07, 6.45) is -10.4. The Bertz CT molecular complexity index is 1240. The van der Waals surface area contributed by atoms with Crippen LogP contribution in [0.2, 0.25) is 0 Å². The Morgan fingerprint density at radius 2 is 1.91 bits per heavy atom. The fraction of sp³-hybridized carbons (Fsp3) is 0.500. The second-order valence-corrected chi connectivity index (χ2v) is 10.6. The summed E-state index contributed by atoms with van der Waals surface area (Å²) in [7, 11) is -3.80. The molecule has 1 aromatic carbocycles. The molecule has 0 N–H and O–H groups in total. The molecule has 186 valence electrons. The highest BCUT2D eigenvalue weighted by molar-refractivity contribution is 7.90. The van der Waals surface area contributed by atoms with E-state index < -0.39 is 56.7 Å². The van der Waals surface area contributed by atoms with Crippen molar-refractivity contribution >= 4 is 15.7 Å². The van der Waals surface area contributed by atoms with E-state index in [0.29, 0.717) is 6.42 Å². The van der Waals surface area contributed by atoms with Gasteiger partial charge in [0.05, 0.1) is 16.2 Å². The lowest BCUT2D eigenvalue weighted by Gasteiger charge is -2.24. The standard InChI is InChI=1S/C20H18F6N2O5S/c1-10(19(21,22)23)32-14-4-3-12(34(2,30)31)5-13(14)17(29)28-8-11-7-18(11,9-28)15-6-16(33-27-15)20(24,25)26/h3-6,10-11H,7-9H2,1-2H3/t10-,11?,18+/m1/s1. The summed E-state index contributed by atoms with van der Waals surface area (Å²) >= 11 is 0. The van der Waals surface area contributed by atoms with E-state index in [9.17, 15) is 39.6 Å². The van der Waals surface area contributed by atoms with Crippen LogP contribution in [0.25, 0.3) is 0 Å². The van der Waals surface area contributed by atoms with Crippen molar-refractivity contribution in [2.45, 2.75) is 42.1 Å². The number of ether oxygens (including phenoxy) is 1. The predicted molar refractivity (Wildman–Crippen MR) is 103 cm³/mol. The molecule has 2 fully saturated rings. The van der Waals surface area contributed by atoms with Crippen LogP contribution in [0.15, 0.2) is 33.7 Å². The van der Waals surface area contributed by atoms with Crippen LogP contribution in [0.1, 0.15) is 35.2 Å². The number of rotatable bonds is 5. The summed E-state index contributed by atoms with van der Waals surface area (Å²) < 4.78 is 111. The zero-order chi connectivity index (χ0) is 25.3. The molecule has 0 bridgehead atoms. The van der Waals surface area contributed by atoms with Crippen LogP contribution < -0.4 is 4.74 Å². The molecule has 1 saturated heterocycles. The van der Waals surface area contributed by atoms with Crippen LogP contribution in [0, 0.1) is 5.92 Å². The van der Waals surface area contributed by atoms with Gasteiger partial charge in [0.1, 0.15) is 5.75 Å². The number of likely N-dealkylation sites (tertiary alicyclic amines) is 1. The number of hydrogen-bond donors (Lipinski definition) is 0. The Morgan fingerprint density at radius 1 is 1.24 bits per heavy atom. The lowest BCUT2D eigenvalue weighted by molar-refractivity contribution is -0.189. The zero-order valence-electron chi connectivity index (χ0n) is 17.7. The van der Waals surface area contributed by atoms with Crippen molar-refractivity contribution in [1.29, 1.82) is 0 Å². The Labute approximate surface area is 189 Å². The number of fused-ring (bicyclic) bond motifs is 1. The highest BCUT2D eigenvalue weighted by Crippen LogP contribution is 2.59. The summed E-state index contributed by atoms with van der Waals surface area (Å²) in [4.78, 5) is 14.2. The molecule has 1 saturated carbocycles. The van der Waals surface area contributed by atoms with Gasteiger partial charge in [-0.25, -0.2) is 8.42 Å². The minimum Gasteiger partial charge on any atom is -0.480 e. The number of carbonyl (C=O) groups is 1. The van der Waals surface area contributed by atoms with Gasteiger partial charge in [0.25, 0.3) is 5.91 Å². The number of aromatic nitrogens is 1. The summed E-state index contributed by atoms with van der Waals surface area (Å²) in [6.45, 7) is 0.781. The second kappa shape index (κ2) is 7.62. The summed E-state index contributed by atoms with van der Waals surface area (Å²) in [5, 5.41) is 3.51. The first kappa shape index (κ1) is 24.4. The normalized spacial score (nSPS) is 23.5. The van der Waals surface area contributed by atoms with Gasteiger partial charge < -0.3 is 14.2 Å². The van der Waals surface area contributed by atoms with Crippen LogP contribution in [0.5, 0.6) is 5.75 Å². The number of benzene rings is 1. The monoisotopic (exact) mass is 512 g/mol. The van der Waals surface area contributed by atoms with Crippen molar-refractivity contribution in [3.05, 3.63) is 41.3 Å². The minimum atomic E-state index is -4.74. The molecule has 1 aliphatic heterocycles. The maximum absolute atomic E-state index is 13.2. The highest BCUT2D eigenvalue weighted by atomic mass is 32.2. The Kier molecular flexibility index (Phi) is 5.46. The molecule has 0 spiro atoms. The first-order valence-electron chi connectivity index (χ1n) is 9.93. The highest BCUT2D eigenvalue weighted by Gasteiger charge is 2.64. The smallest absolute Gasteiger partial charge is 0.452 e. The number of hydrogen-bond acceptors (Lipinski definition) is 6. The molecule has 4 rings (SSSR count). The van der Waals surface area contributed by atoms with E-state index in [1.807, 2.05) is 0 Å². The van der Waals surface area contributed by atoms with Crippen molar-refractivity contribution in [3.8, 4) is 5.75 Å². The third kappa shape index (κ3) is 4.34. The molecule has 34 heavy (non-hydrogen) atoms. The van der Waals surface area contributed by atoms with E-state index in [-0.39, 0.29) is 29.6 Å². The van der Waals surface area contributed by atoms with Crippen LogP contribution in [-0.2, 0) is 21.4 Å². The van der Waals surface area contributed by atoms with Crippen LogP contribution in [-0.4, -0.2) is 56.0 Å². The van der Waals surface area contributed by atoms with Crippen molar-refractivity contribution in [2.24, 2.45) is 5.92 Å². The molecule has 3 atom stereocenters. The first-order chi connectivity index (χ1) is 15.5. The fourth-order valence-corrected chi connectivity index (χ4v) is 4.76. The van der Waals surface area contributed by atoms with Crippen molar-refractivity contribution < 1.29 is 48.8 Å². The van der Waals surface area contributed by atoms with Crippen LogP contribution >= 0.6 is 0 Å². The van der Waals surface area contributed by atoms with Gasteiger partial charge in [-0.3, -0.25) is 4.79 Å². The lowest BCUT2D eigenvalue weighted by atomic mass is 10.0. The predicted octanol–water partition coefficient (Wildman–Crippen LogP) is 3.84. The van der Waals surface area contributed by atoms with E-state index in [4.69, 9.17) is 4.74 Å². The largest absolute Gasteiger partial charge is 0.480 e. The van der Waals surface area contributed by atoms with Crippen molar-refractivity contribution in [1.82, 2.24) is 10.1 Å². The maximum atomic E-state index is 13.2. The van der Waals surface area contributed by atoms with Gasteiger partial charge in [-0.15, -0.1) is 0 Å². The maximum Gasteiger partial charge on any atom is 0.452 e. The van der Waals surface area contributed by atoms with Crippen LogP contribution in [0.3, 0.4) is 0 Å². The molecule has 1 aliphatic carbocycles.